The van der Waals surface area contributed by atoms with Gasteiger partial charge in [-0.25, -0.2) is 9.97 Å². The minimum Gasteiger partial charge on any atom is -0.495 e. The van der Waals surface area contributed by atoms with Gasteiger partial charge in [0.25, 0.3) is 5.91 Å². The van der Waals surface area contributed by atoms with Crippen LogP contribution in [0.1, 0.15) is 16.1 Å². The third-order valence-electron chi connectivity index (χ3n) is 3.08. The number of aromatic nitrogens is 2. The number of ether oxygens (including phenoxy) is 2. The van der Waals surface area contributed by atoms with Crippen molar-refractivity contribution in [1.29, 1.82) is 0 Å². The van der Waals surface area contributed by atoms with E-state index >= 15 is 0 Å². The first kappa shape index (κ1) is 16.7. The number of carbonyl (C=O) groups excluding carboxylic acids is 1. The summed E-state index contributed by atoms with van der Waals surface area (Å²) in [5, 5.41) is 5.79. The molecular formula is C16H20N4O3. The third kappa shape index (κ3) is 4.65. The number of benzene rings is 1. The molecule has 1 aromatic carbocycles. The van der Waals surface area contributed by atoms with Gasteiger partial charge in [0.05, 0.1) is 19.4 Å². The molecule has 7 heteroatoms. The van der Waals surface area contributed by atoms with E-state index < -0.39 is 0 Å². The molecule has 0 saturated heterocycles. The number of amides is 1. The van der Waals surface area contributed by atoms with E-state index in [4.69, 9.17) is 9.47 Å². The van der Waals surface area contributed by atoms with E-state index in [2.05, 4.69) is 20.6 Å². The van der Waals surface area contributed by atoms with Crippen LogP contribution in [0.3, 0.4) is 0 Å². The second-order valence-corrected chi connectivity index (χ2v) is 4.84. The molecule has 2 aromatic rings. The Morgan fingerprint density at radius 3 is 2.83 bits per heavy atom. The summed E-state index contributed by atoms with van der Waals surface area (Å²) >= 11 is 0. The first-order valence-electron chi connectivity index (χ1n) is 7.16. The van der Waals surface area contributed by atoms with Gasteiger partial charge in [-0.2, -0.15) is 0 Å². The number of methoxy groups -OCH3 is 2. The van der Waals surface area contributed by atoms with Crippen molar-refractivity contribution in [2.24, 2.45) is 0 Å². The van der Waals surface area contributed by atoms with E-state index in [0.29, 0.717) is 24.8 Å². The number of anilines is 2. The van der Waals surface area contributed by atoms with Gasteiger partial charge in [-0.1, -0.05) is 6.07 Å². The monoisotopic (exact) mass is 316 g/mol. The fourth-order valence-electron chi connectivity index (χ4n) is 1.94. The molecule has 0 bridgehead atoms. The molecule has 0 fully saturated rings. The molecule has 0 spiro atoms. The first-order chi connectivity index (χ1) is 11.1. The molecule has 1 heterocycles. The molecule has 7 nitrogen and oxygen atoms in total. The molecule has 1 aromatic heterocycles. The van der Waals surface area contributed by atoms with Crippen molar-refractivity contribution in [1.82, 2.24) is 15.3 Å². The summed E-state index contributed by atoms with van der Waals surface area (Å²) in [6.45, 7) is 2.85. The lowest BCUT2D eigenvalue weighted by atomic mass is 10.2. The van der Waals surface area contributed by atoms with Crippen LogP contribution in [0.15, 0.2) is 30.5 Å². The quantitative estimate of drug-likeness (QED) is 0.759. The molecule has 122 valence electrons. The van der Waals surface area contributed by atoms with Gasteiger partial charge in [-0.05, 0) is 30.7 Å². The number of hydrogen-bond donors (Lipinski definition) is 2. The zero-order chi connectivity index (χ0) is 16.7. The highest BCUT2D eigenvalue weighted by Gasteiger charge is 2.10. The average Bonchev–Trinajstić information content (AvgIpc) is 2.55. The predicted molar refractivity (Wildman–Crippen MR) is 87.3 cm³/mol. The summed E-state index contributed by atoms with van der Waals surface area (Å²) in [5.74, 6) is 0.728. The number of hydrogen-bond acceptors (Lipinski definition) is 6. The van der Waals surface area contributed by atoms with Gasteiger partial charge in [0, 0.05) is 19.9 Å². The molecular weight excluding hydrogens is 296 g/mol. The summed E-state index contributed by atoms with van der Waals surface area (Å²) in [4.78, 5) is 20.3. The Morgan fingerprint density at radius 1 is 1.26 bits per heavy atom. The Balaban J connectivity index is 2.14. The van der Waals surface area contributed by atoms with Crippen molar-refractivity contribution in [3.8, 4) is 5.75 Å². The van der Waals surface area contributed by atoms with Gasteiger partial charge in [0.1, 0.15) is 11.4 Å². The molecule has 0 atom stereocenters. The molecule has 0 radical (unpaired) electrons. The molecule has 2 rings (SSSR count). The van der Waals surface area contributed by atoms with E-state index in [1.54, 1.807) is 20.3 Å². The summed E-state index contributed by atoms with van der Waals surface area (Å²) in [6, 6.07) is 7.29. The van der Waals surface area contributed by atoms with Gasteiger partial charge in [-0.15, -0.1) is 0 Å². The normalized spacial score (nSPS) is 10.2. The van der Waals surface area contributed by atoms with Crippen molar-refractivity contribution in [3.63, 3.8) is 0 Å². The largest absolute Gasteiger partial charge is 0.495 e. The SMILES string of the molecule is COCCNC(=O)c1ccnc(Nc2cc(C)ccc2OC)n1. The lowest BCUT2D eigenvalue weighted by Crippen LogP contribution is -2.27. The Morgan fingerprint density at radius 2 is 2.09 bits per heavy atom. The first-order valence-corrected chi connectivity index (χ1v) is 7.16. The zero-order valence-corrected chi connectivity index (χ0v) is 13.4. The van der Waals surface area contributed by atoms with Crippen LogP contribution in [-0.4, -0.2) is 43.2 Å². The van der Waals surface area contributed by atoms with Crippen molar-refractivity contribution in [2.45, 2.75) is 6.92 Å². The van der Waals surface area contributed by atoms with Gasteiger partial charge in [-0.3, -0.25) is 4.79 Å². The molecule has 2 N–H and O–H groups in total. The maximum atomic E-state index is 12.0. The minimum absolute atomic E-state index is 0.274. The molecule has 0 saturated carbocycles. The van der Waals surface area contributed by atoms with E-state index in [1.165, 1.54) is 6.20 Å². The maximum absolute atomic E-state index is 12.0. The lowest BCUT2D eigenvalue weighted by molar-refractivity contribution is 0.0932. The van der Waals surface area contributed by atoms with Crippen LogP contribution in [-0.2, 0) is 4.74 Å². The van der Waals surface area contributed by atoms with Gasteiger partial charge in [0.2, 0.25) is 5.95 Å². The number of rotatable bonds is 7. The highest BCUT2D eigenvalue weighted by Crippen LogP contribution is 2.27. The van der Waals surface area contributed by atoms with Crippen LogP contribution in [0.2, 0.25) is 0 Å². The predicted octanol–water partition coefficient (Wildman–Crippen LogP) is 1.91. The van der Waals surface area contributed by atoms with Crippen LogP contribution in [0, 0.1) is 6.92 Å². The number of nitrogens with one attached hydrogen (secondary N) is 2. The Labute approximate surface area is 135 Å². The number of carbonyl (C=O) groups is 1. The number of aryl methyl sites for hydroxylation is 1. The van der Waals surface area contributed by atoms with Crippen molar-refractivity contribution in [2.75, 3.05) is 32.7 Å². The smallest absolute Gasteiger partial charge is 0.270 e. The topological polar surface area (TPSA) is 85.4 Å². The zero-order valence-electron chi connectivity index (χ0n) is 13.4. The van der Waals surface area contributed by atoms with Crippen LogP contribution >= 0.6 is 0 Å². The Bertz CT molecular complexity index is 676. The highest BCUT2D eigenvalue weighted by atomic mass is 16.5. The summed E-state index contributed by atoms with van der Waals surface area (Å²) in [6.07, 6.45) is 1.53. The lowest BCUT2D eigenvalue weighted by Gasteiger charge is -2.11. The molecule has 23 heavy (non-hydrogen) atoms. The standard InChI is InChI=1S/C16H20N4O3/c1-11-4-5-14(23-3)13(10-11)20-16-18-7-6-12(19-16)15(21)17-8-9-22-2/h4-7,10H,8-9H2,1-3H3,(H,17,21)(H,18,19,20). The van der Waals surface area contributed by atoms with E-state index in [1.807, 2.05) is 25.1 Å². The highest BCUT2D eigenvalue weighted by molar-refractivity contribution is 5.92. The Hall–Kier alpha value is -2.67. The van der Waals surface area contributed by atoms with Crippen LogP contribution in [0.25, 0.3) is 0 Å². The molecule has 1 amide bonds. The summed E-state index contributed by atoms with van der Waals surface area (Å²) in [5.41, 5.74) is 2.09. The Kier molecular flexibility index (Phi) is 5.87. The van der Waals surface area contributed by atoms with Crippen molar-refractivity contribution < 1.29 is 14.3 Å². The van der Waals surface area contributed by atoms with Crippen molar-refractivity contribution >= 4 is 17.5 Å². The van der Waals surface area contributed by atoms with Crippen LogP contribution in [0.5, 0.6) is 5.75 Å². The van der Waals surface area contributed by atoms with Crippen LogP contribution in [0.4, 0.5) is 11.6 Å². The second kappa shape index (κ2) is 8.09. The van der Waals surface area contributed by atoms with E-state index in [-0.39, 0.29) is 11.6 Å². The molecule has 0 aliphatic rings. The molecule has 0 unspecified atom stereocenters. The fraction of sp³-hybridized carbons (Fsp3) is 0.312. The third-order valence-corrected chi connectivity index (χ3v) is 3.08. The second-order valence-electron chi connectivity index (χ2n) is 4.84. The van der Waals surface area contributed by atoms with E-state index in [0.717, 1.165) is 11.3 Å². The number of nitrogens with zero attached hydrogens (tertiary/aromatic N) is 2. The van der Waals surface area contributed by atoms with Gasteiger partial charge >= 0.3 is 0 Å². The minimum atomic E-state index is -0.274. The summed E-state index contributed by atoms with van der Waals surface area (Å²) in [7, 11) is 3.17. The van der Waals surface area contributed by atoms with Crippen LogP contribution < -0.4 is 15.4 Å². The molecule has 0 aliphatic heterocycles. The fourth-order valence-corrected chi connectivity index (χ4v) is 1.94. The average molecular weight is 316 g/mol. The summed E-state index contributed by atoms with van der Waals surface area (Å²) < 4.78 is 10.2. The van der Waals surface area contributed by atoms with Crippen molar-refractivity contribution in [3.05, 3.63) is 41.7 Å². The van der Waals surface area contributed by atoms with Gasteiger partial charge < -0.3 is 20.1 Å². The van der Waals surface area contributed by atoms with E-state index in [9.17, 15) is 4.79 Å². The molecule has 0 aliphatic carbocycles. The maximum Gasteiger partial charge on any atom is 0.270 e. The van der Waals surface area contributed by atoms with Gasteiger partial charge in [0.15, 0.2) is 0 Å².